The van der Waals surface area contributed by atoms with Crippen LogP contribution in [-0.4, -0.2) is 0 Å². The Hall–Kier alpha value is -3.12. The summed E-state index contributed by atoms with van der Waals surface area (Å²) in [5, 5.41) is 0. The number of benzene rings is 4. The highest BCUT2D eigenvalue weighted by atomic mass is 14.3. The minimum atomic E-state index is 0.156. The molecule has 0 nitrogen and oxygen atoms in total. The van der Waals surface area contributed by atoms with E-state index in [0.717, 1.165) is 6.42 Å². The van der Waals surface area contributed by atoms with Gasteiger partial charge in [0.1, 0.15) is 0 Å². The lowest BCUT2D eigenvalue weighted by atomic mass is 9.84. The van der Waals surface area contributed by atoms with Crippen LogP contribution in [-0.2, 0) is 11.8 Å². The number of rotatable bonds is 3. The first-order valence-electron chi connectivity index (χ1n) is 11.3. The van der Waals surface area contributed by atoms with E-state index in [1.807, 2.05) is 0 Å². The molecule has 4 aromatic rings. The summed E-state index contributed by atoms with van der Waals surface area (Å²) in [5.74, 6) is 0.418. The van der Waals surface area contributed by atoms with Crippen molar-refractivity contribution in [1.29, 1.82) is 0 Å². The monoisotopic (exact) mass is 402 g/mol. The number of aryl methyl sites for hydroxylation is 1. The van der Waals surface area contributed by atoms with Gasteiger partial charge in [-0.15, -0.1) is 0 Å². The summed E-state index contributed by atoms with van der Waals surface area (Å²) in [4.78, 5) is 0. The zero-order valence-corrected chi connectivity index (χ0v) is 18.9. The van der Waals surface area contributed by atoms with Gasteiger partial charge in [0, 0.05) is 5.92 Å². The van der Waals surface area contributed by atoms with Crippen molar-refractivity contribution in [2.75, 3.05) is 0 Å². The van der Waals surface area contributed by atoms with Crippen LogP contribution >= 0.6 is 0 Å². The van der Waals surface area contributed by atoms with Crippen molar-refractivity contribution in [3.8, 4) is 22.3 Å². The third-order valence-electron chi connectivity index (χ3n) is 6.75. The molecule has 5 rings (SSSR count). The Morgan fingerprint density at radius 1 is 0.677 bits per heavy atom. The molecular weight excluding hydrogens is 372 g/mol. The van der Waals surface area contributed by atoms with E-state index in [-0.39, 0.29) is 5.41 Å². The van der Waals surface area contributed by atoms with Crippen molar-refractivity contribution < 1.29 is 0 Å². The van der Waals surface area contributed by atoms with Gasteiger partial charge in [-0.3, -0.25) is 0 Å². The Morgan fingerprint density at radius 2 is 1.39 bits per heavy atom. The van der Waals surface area contributed by atoms with Gasteiger partial charge in [-0.05, 0) is 68.8 Å². The number of fused-ring (bicyclic) bond motifs is 3. The van der Waals surface area contributed by atoms with Gasteiger partial charge in [0.05, 0.1) is 0 Å². The molecule has 0 radical (unpaired) electrons. The van der Waals surface area contributed by atoms with Gasteiger partial charge in [-0.25, -0.2) is 0 Å². The lowest BCUT2D eigenvalue weighted by Crippen LogP contribution is -2.11. The SMILES string of the molecule is Cc1cccc2c1-c1cc(C(C)(C)C)ccc1C2Cc1ccc(-c2ccccc2)cc1. The second-order valence-corrected chi connectivity index (χ2v) is 9.91. The Kier molecular flexibility index (Phi) is 4.82. The van der Waals surface area contributed by atoms with E-state index < -0.39 is 0 Å². The molecule has 0 spiro atoms. The minimum Gasteiger partial charge on any atom is -0.0622 e. The first-order chi connectivity index (χ1) is 14.9. The molecule has 1 atom stereocenters. The molecule has 31 heavy (non-hydrogen) atoms. The molecule has 0 saturated heterocycles. The maximum atomic E-state index is 2.44. The standard InChI is InChI=1S/C31H30/c1-21-9-8-12-27-28(26-18-17-25(31(2,3)4)20-29(26)30(21)27)19-22-13-15-24(16-14-22)23-10-6-5-7-11-23/h5-18,20,28H,19H2,1-4H3. The van der Waals surface area contributed by atoms with Gasteiger partial charge in [-0.2, -0.15) is 0 Å². The fourth-order valence-electron chi connectivity index (χ4n) is 4.98. The normalized spacial score (nSPS) is 14.9. The van der Waals surface area contributed by atoms with E-state index in [1.54, 1.807) is 0 Å². The molecule has 0 saturated carbocycles. The fourth-order valence-corrected chi connectivity index (χ4v) is 4.98. The third-order valence-corrected chi connectivity index (χ3v) is 6.75. The van der Waals surface area contributed by atoms with Crippen LogP contribution in [0.1, 0.15) is 54.5 Å². The highest BCUT2D eigenvalue weighted by molar-refractivity contribution is 5.82. The summed E-state index contributed by atoms with van der Waals surface area (Å²) >= 11 is 0. The Balaban J connectivity index is 1.53. The summed E-state index contributed by atoms with van der Waals surface area (Å²) in [6.07, 6.45) is 1.04. The van der Waals surface area contributed by atoms with Crippen LogP contribution in [0.15, 0.2) is 91.0 Å². The highest BCUT2D eigenvalue weighted by Gasteiger charge is 2.31. The molecule has 154 valence electrons. The van der Waals surface area contributed by atoms with E-state index in [2.05, 4.69) is 119 Å². The van der Waals surface area contributed by atoms with Crippen LogP contribution in [0.3, 0.4) is 0 Å². The molecule has 0 aromatic heterocycles. The molecule has 0 bridgehead atoms. The Labute approximate surface area is 186 Å². The zero-order valence-electron chi connectivity index (χ0n) is 18.9. The van der Waals surface area contributed by atoms with E-state index in [1.165, 1.54) is 50.1 Å². The minimum absolute atomic E-state index is 0.156. The molecule has 0 N–H and O–H groups in total. The van der Waals surface area contributed by atoms with Gasteiger partial charge >= 0.3 is 0 Å². The van der Waals surface area contributed by atoms with E-state index in [9.17, 15) is 0 Å². The van der Waals surface area contributed by atoms with E-state index in [0.29, 0.717) is 5.92 Å². The predicted octanol–water partition coefficient (Wildman–Crippen LogP) is 8.31. The zero-order chi connectivity index (χ0) is 21.6. The van der Waals surface area contributed by atoms with Gasteiger partial charge in [-0.1, -0.05) is 112 Å². The molecule has 1 unspecified atom stereocenters. The van der Waals surface area contributed by atoms with Gasteiger partial charge < -0.3 is 0 Å². The molecule has 4 aromatic carbocycles. The molecule has 0 fully saturated rings. The van der Waals surface area contributed by atoms with Crippen LogP contribution in [0, 0.1) is 6.92 Å². The molecule has 0 aliphatic heterocycles. The largest absolute Gasteiger partial charge is 0.0622 e. The summed E-state index contributed by atoms with van der Waals surface area (Å²) in [7, 11) is 0. The van der Waals surface area contributed by atoms with Crippen LogP contribution in [0.25, 0.3) is 22.3 Å². The predicted molar refractivity (Wildman–Crippen MR) is 133 cm³/mol. The van der Waals surface area contributed by atoms with E-state index >= 15 is 0 Å². The van der Waals surface area contributed by atoms with Crippen molar-refractivity contribution in [2.45, 2.75) is 45.4 Å². The second kappa shape index (κ2) is 7.54. The number of hydrogen-bond acceptors (Lipinski definition) is 0. The van der Waals surface area contributed by atoms with Crippen LogP contribution in [0.2, 0.25) is 0 Å². The molecule has 0 heterocycles. The molecular formula is C31H30. The van der Waals surface area contributed by atoms with Crippen molar-refractivity contribution in [3.63, 3.8) is 0 Å². The smallest absolute Gasteiger partial charge is 0.0142 e. The highest BCUT2D eigenvalue weighted by Crippen LogP contribution is 2.48. The van der Waals surface area contributed by atoms with Gasteiger partial charge in [0.25, 0.3) is 0 Å². The van der Waals surface area contributed by atoms with Crippen LogP contribution in [0.4, 0.5) is 0 Å². The topological polar surface area (TPSA) is 0 Å². The second-order valence-electron chi connectivity index (χ2n) is 9.91. The molecule has 0 amide bonds. The molecule has 0 heteroatoms. The number of hydrogen-bond donors (Lipinski definition) is 0. The van der Waals surface area contributed by atoms with Crippen LogP contribution < -0.4 is 0 Å². The Bertz CT molecular complexity index is 1220. The lowest BCUT2D eigenvalue weighted by molar-refractivity contribution is 0.590. The average Bonchev–Trinajstić information content (AvgIpc) is 3.08. The van der Waals surface area contributed by atoms with E-state index in [4.69, 9.17) is 0 Å². The lowest BCUT2D eigenvalue weighted by Gasteiger charge is -2.21. The first-order valence-corrected chi connectivity index (χ1v) is 11.3. The summed E-state index contributed by atoms with van der Waals surface area (Å²) in [5.41, 5.74) is 12.7. The third kappa shape index (κ3) is 3.61. The van der Waals surface area contributed by atoms with Crippen LogP contribution in [0.5, 0.6) is 0 Å². The summed E-state index contributed by atoms with van der Waals surface area (Å²) < 4.78 is 0. The maximum Gasteiger partial charge on any atom is 0.0142 e. The molecule has 1 aliphatic carbocycles. The maximum absolute atomic E-state index is 2.44. The van der Waals surface area contributed by atoms with Crippen molar-refractivity contribution in [3.05, 3.63) is 119 Å². The fraction of sp³-hybridized carbons (Fsp3) is 0.226. The Morgan fingerprint density at radius 3 is 2.10 bits per heavy atom. The molecule has 1 aliphatic rings. The quantitative estimate of drug-likeness (QED) is 0.323. The van der Waals surface area contributed by atoms with Gasteiger partial charge in [0.15, 0.2) is 0 Å². The van der Waals surface area contributed by atoms with Crippen molar-refractivity contribution in [2.24, 2.45) is 0 Å². The summed E-state index contributed by atoms with van der Waals surface area (Å²) in [6.45, 7) is 9.15. The first kappa shape index (κ1) is 19.8. The van der Waals surface area contributed by atoms with Crippen molar-refractivity contribution in [1.82, 2.24) is 0 Å². The summed E-state index contributed by atoms with van der Waals surface area (Å²) in [6, 6.07) is 33.7. The average molecular weight is 403 g/mol. The van der Waals surface area contributed by atoms with Crippen molar-refractivity contribution >= 4 is 0 Å². The van der Waals surface area contributed by atoms with Gasteiger partial charge in [0.2, 0.25) is 0 Å².